The van der Waals surface area contributed by atoms with Crippen molar-refractivity contribution in [3.63, 3.8) is 0 Å². The van der Waals surface area contributed by atoms with E-state index in [-0.39, 0.29) is 0 Å². The van der Waals surface area contributed by atoms with Gasteiger partial charge in [-0.2, -0.15) is 11.8 Å². The summed E-state index contributed by atoms with van der Waals surface area (Å²) in [5.74, 6) is 2.04. The van der Waals surface area contributed by atoms with Crippen molar-refractivity contribution in [1.29, 1.82) is 0 Å². The number of thioether (sulfide) groups is 1. The van der Waals surface area contributed by atoms with Gasteiger partial charge in [0.15, 0.2) is 0 Å². The molecule has 0 amide bonds. The van der Waals surface area contributed by atoms with Gasteiger partial charge in [-0.25, -0.2) is 0 Å². The van der Waals surface area contributed by atoms with E-state index in [1.807, 2.05) is 17.8 Å². The van der Waals surface area contributed by atoms with Crippen molar-refractivity contribution in [1.82, 2.24) is 5.32 Å². The summed E-state index contributed by atoms with van der Waals surface area (Å²) in [4.78, 5) is 0. The summed E-state index contributed by atoms with van der Waals surface area (Å²) in [5.41, 5.74) is 2.68. The minimum absolute atomic E-state index is 0.424. The summed E-state index contributed by atoms with van der Waals surface area (Å²) in [5, 5.41) is 4.24. The molecule has 1 rings (SSSR count). The Bertz CT molecular complexity index is 366. The van der Waals surface area contributed by atoms with Crippen molar-refractivity contribution in [2.45, 2.75) is 39.0 Å². The van der Waals surface area contributed by atoms with Crippen molar-refractivity contribution >= 4 is 11.8 Å². The van der Waals surface area contributed by atoms with E-state index in [0.29, 0.717) is 11.3 Å². The largest absolute Gasteiger partial charge is 0.497 e. The van der Waals surface area contributed by atoms with E-state index in [4.69, 9.17) is 4.74 Å². The van der Waals surface area contributed by atoms with E-state index in [1.54, 1.807) is 7.11 Å². The lowest BCUT2D eigenvalue weighted by molar-refractivity contribution is 0.414. The predicted octanol–water partition coefficient (Wildman–Crippen LogP) is 3.80. The number of hydrogen-bond donors (Lipinski definition) is 1. The fourth-order valence-electron chi connectivity index (χ4n) is 1.96. The Labute approximate surface area is 116 Å². The van der Waals surface area contributed by atoms with Gasteiger partial charge in [-0.1, -0.05) is 26.8 Å². The van der Waals surface area contributed by atoms with Crippen molar-refractivity contribution < 1.29 is 4.74 Å². The summed E-state index contributed by atoms with van der Waals surface area (Å²) < 4.78 is 5.26. The SMILES string of the molecule is CCNC(CSC(C)C)c1ccc(OC)cc1C. The van der Waals surface area contributed by atoms with Gasteiger partial charge in [0.2, 0.25) is 0 Å². The van der Waals surface area contributed by atoms with E-state index in [2.05, 4.69) is 45.1 Å². The molecule has 0 aliphatic rings. The minimum Gasteiger partial charge on any atom is -0.497 e. The summed E-state index contributed by atoms with van der Waals surface area (Å²) >= 11 is 2.00. The number of rotatable bonds is 7. The highest BCUT2D eigenvalue weighted by Gasteiger charge is 2.14. The molecule has 0 aromatic heterocycles. The highest BCUT2D eigenvalue weighted by atomic mass is 32.2. The maximum atomic E-state index is 5.26. The molecule has 18 heavy (non-hydrogen) atoms. The van der Waals surface area contributed by atoms with Crippen LogP contribution in [0.2, 0.25) is 0 Å². The molecule has 2 nitrogen and oxygen atoms in total. The van der Waals surface area contributed by atoms with Crippen LogP contribution in [0.1, 0.15) is 37.9 Å². The average Bonchev–Trinajstić information content (AvgIpc) is 2.34. The van der Waals surface area contributed by atoms with Gasteiger partial charge in [0, 0.05) is 11.8 Å². The van der Waals surface area contributed by atoms with Gasteiger partial charge >= 0.3 is 0 Å². The number of benzene rings is 1. The molecule has 0 saturated heterocycles. The Hall–Kier alpha value is -0.670. The van der Waals surface area contributed by atoms with Crippen LogP contribution in [-0.2, 0) is 0 Å². The minimum atomic E-state index is 0.424. The zero-order valence-electron chi connectivity index (χ0n) is 12.1. The summed E-state index contributed by atoms with van der Waals surface area (Å²) in [6.07, 6.45) is 0. The molecule has 1 unspecified atom stereocenters. The molecule has 1 N–H and O–H groups in total. The Morgan fingerprint density at radius 2 is 2.06 bits per heavy atom. The van der Waals surface area contributed by atoms with E-state index < -0.39 is 0 Å². The molecule has 0 aliphatic heterocycles. The standard InChI is InChI=1S/C15H25NOS/c1-6-16-15(10-18-11(2)3)14-8-7-13(17-5)9-12(14)4/h7-9,11,15-16H,6,10H2,1-5H3. The number of hydrogen-bond acceptors (Lipinski definition) is 3. The van der Waals surface area contributed by atoms with Crippen LogP contribution in [0, 0.1) is 6.92 Å². The number of nitrogens with one attached hydrogen (secondary N) is 1. The lowest BCUT2D eigenvalue weighted by Gasteiger charge is -2.21. The molecular weight excluding hydrogens is 242 g/mol. The highest BCUT2D eigenvalue weighted by molar-refractivity contribution is 7.99. The first kappa shape index (κ1) is 15.4. The van der Waals surface area contributed by atoms with E-state index in [0.717, 1.165) is 18.0 Å². The summed E-state index contributed by atoms with van der Waals surface area (Å²) in [7, 11) is 1.71. The fraction of sp³-hybridized carbons (Fsp3) is 0.600. The smallest absolute Gasteiger partial charge is 0.119 e. The molecule has 0 bridgehead atoms. The Morgan fingerprint density at radius 3 is 2.56 bits per heavy atom. The van der Waals surface area contributed by atoms with E-state index >= 15 is 0 Å². The Morgan fingerprint density at radius 1 is 1.33 bits per heavy atom. The summed E-state index contributed by atoms with van der Waals surface area (Å²) in [6.45, 7) is 9.80. The van der Waals surface area contributed by atoms with Crippen LogP contribution in [0.3, 0.4) is 0 Å². The van der Waals surface area contributed by atoms with Gasteiger partial charge in [-0.15, -0.1) is 0 Å². The van der Waals surface area contributed by atoms with Gasteiger partial charge < -0.3 is 10.1 Å². The Balaban J connectivity index is 2.84. The molecule has 3 heteroatoms. The van der Waals surface area contributed by atoms with Gasteiger partial charge in [-0.3, -0.25) is 0 Å². The second-order valence-electron chi connectivity index (χ2n) is 4.71. The third kappa shape index (κ3) is 4.54. The molecule has 0 heterocycles. The van der Waals surface area contributed by atoms with Gasteiger partial charge in [0.25, 0.3) is 0 Å². The van der Waals surface area contributed by atoms with Crippen LogP contribution >= 0.6 is 11.8 Å². The second-order valence-corrected chi connectivity index (χ2v) is 6.32. The van der Waals surface area contributed by atoms with Crippen molar-refractivity contribution in [2.24, 2.45) is 0 Å². The lowest BCUT2D eigenvalue weighted by Crippen LogP contribution is -2.24. The molecule has 1 aromatic carbocycles. The van der Waals surface area contributed by atoms with Crippen LogP contribution in [0.4, 0.5) is 0 Å². The second kappa shape index (κ2) is 7.70. The van der Waals surface area contributed by atoms with Crippen molar-refractivity contribution in [3.8, 4) is 5.75 Å². The van der Waals surface area contributed by atoms with Crippen LogP contribution in [0.25, 0.3) is 0 Å². The van der Waals surface area contributed by atoms with Crippen LogP contribution in [0.5, 0.6) is 5.75 Å². The predicted molar refractivity (Wildman–Crippen MR) is 81.7 cm³/mol. The molecule has 0 spiro atoms. The third-order valence-corrected chi connectivity index (χ3v) is 4.09. The maximum Gasteiger partial charge on any atom is 0.119 e. The number of aryl methyl sites for hydroxylation is 1. The molecular formula is C15H25NOS. The molecule has 0 saturated carbocycles. The average molecular weight is 267 g/mol. The molecule has 1 atom stereocenters. The van der Waals surface area contributed by atoms with Crippen molar-refractivity contribution in [2.75, 3.05) is 19.4 Å². The highest BCUT2D eigenvalue weighted by Crippen LogP contribution is 2.26. The normalized spacial score (nSPS) is 12.8. The molecule has 1 aromatic rings. The van der Waals surface area contributed by atoms with Gasteiger partial charge in [0.1, 0.15) is 5.75 Å². The topological polar surface area (TPSA) is 21.3 Å². The monoisotopic (exact) mass is 267 g/mol. The van der Waals surface area contributed by atoms with Gasteiger partial charge in [-0.05, 0) is 42.0 Å². The quantitative estimate of drug-likeness (QED) is 0.812. The molecule has 0 aliphatic carbocycles. The molecule has 0 fully saturated rings. The zero-order valence-corrected chi connectivity index (χ0v) is 12.9. The van der Waals surface area contributed by atoms with Crippen LogP contribution < -0.4 is 10.1 Å². The first-order valence-electron chi connectivity index (χ1n) is 6.58. The Kier molecular flexibility index (Phi) is 6.58. The third-order valence-electron chi connectivity index (χ3n) is 2.90. The van der Waals surface area contributed by atoms with Crippen LogP contribution in [-0.4, -0.2) is 24.7 Å². The van der Waals surface area contributed by atoms with Crippen LogP contribution in [0.15, 0.2) is 18.2 Å². The summed E-state index contributed by atoms with van der Waals surface area (Å²) in [6, 6.07) is 6.77. The molecule has 102 valence electrons. The van der Waals surface area contributed by atoms with Crippen molar-refractivity contribution in [3.05, 3.63) is 29.3 Å². The lowest BCUT2D eigenvalue weighted by atomic mass is 10.0. The van der Waals surface area contributed by atoms with Gasteiger partial charge in [0.05, 0.1) is 7.11 Å². The van der Waals surface area contributed by atoms with E-state index in [9.17, 15) is 0 Å². The van der Waals surface area contributed by atoms with E-state index in [1.165, 1.54) is 11.1 Å². The number of methoxy groups -OCH3 is 1. The molecule has 0 radical (unpaired) electrons. The maximum absolute atomic E-state index is 5.26. The number of ether oxygens (including phenoxy) is 1. The zero-order chi connectivity index (χ0) is 13.5. The fourth-order valence-corrected chi connectivity index (χ4v) is 2.83. The first-order valence-corrected chi connectivity index (χ1v) is 7.62. The first-order chi connectivity index (χ1) is 8.58.